The average Bonchev–Trinajstić information content (AvgIpc) is 2.54. The van der Waals surface area contributed by atoms with Crippen LogP contribution in [-0.2, 0) is 11.3 Å². The summed E-state index contributed by atoms with van der Waals surface area (Å²) in [5, 5.41) is 8.86. The van der Waals surface area contributed by atoms with Crippen LogP contribution in [-0.4, -0.2) is 30.0 Å². The van der Waals surface area contributed by atoms with Crippen molar-refractivity contribution in [3.8, 4) is 0 Å². The van der Waals surface area contributed by atoms with Gasteiger partial charge in [0.25, 0.3) is 0 Å². The third-order valence-electron chi connectivity index (χ3n) is 3.73. The Morgan fingerprint density at radius 2 is 2.10 bits per heavy atom. The monoisotopic (exact) mass is 300 g/mol. The SMILES string of the molecule is O=C(CC1CSCCN1)NCc1ccc2ccccc2c1. The Balaban J connectivity index is 1.54. The second-order valence-corrected chi connectivity index (χ2v) is 6.54. The molecule has 2 aromatic carbocycles. The van der Waals surface area contributed by atoms with E-state index in [1.807, 2.05) is 23.9 Å². The van der Waals surface area contributed by atoms with Crippen LogP contribution in [0.15, 0.2) is 42.5 Å². The van der Waals surface area contributed by atoms with E-state index in [1.54, 1.807) is 0 Å². The number of benzene rings is 2. The predicted molar refractivity (Wildman–Crippen MR) is 89.5 cm³/mol. The van der Waals surface area contributed by atoms with E-state index in [0.29, 0.717) is 19.0 Å². The van der Waals surface area contributed by atoms with Gasteiger partial charge in [0.2, 0.25) is 5.91 Å². The normalized spacial score (nSPS) is 18.6. The number of carbonyl (C=O) groups is 1. The summed E-state index contributed by atoms with van der Waals surface area (Å²) >= 11 is 1.92. The van der Waals surface area contributed by atoms with E-state index in [0.717, 1.165) is 23.6 Å². The molecule has 1 aliphatic heterocycles. The van der Waals surface area contributed by atoms with Gasteiger partial charge in [-0.2, -0.15) is 11.8 Å². The molecule has 1 unspecified atom stereocenters. The molecule has 1 aliphatic rings. The molecule has 0 aliphatic carbocycles. The number of amides is 1. The lowest BCUT2D eigenvalue weighted by Crippen LogP contribution is -2.41. The number of thioether (sulfide) groups is 1. The Kier molecular flexibility index (Phi) is 4.78. The molecule has 21 heavy (non-hydrogen) atoms. The zero-order chi connectivity index (χ0) is 14.5. The van der Waals surface area contributed by atoms with Gasteiger partial charge in [-0.05, 0) is 22.4 Å². The standard InChI is InChI=1S/C17H20N2OS/c20-17(10-16-12-21-8-7-18-16)19-11-13-5-6-14-3-1-2-4-15(14)9-13/h1-6,9,16,18H,7-8,10-12H2,(H,19,20). The lowest BCUT2D eigenvalue weighted by molar-refractivity contribution is -0.121. The van der Waals surface area contributed by atoms with Crippen LogP contribution in [0.1, 0.15) is 12.0 Å². The number of fused-ring (bicyclic) bond motifs is 1. The summed E-state index contributed by atoms with van der Waals surface area (Å²) in [6.45, 7) is 1.61. The molecule has 4 heteroatoms. The maximum Gasteiger partial charge on any atom is 0.221 e. The van der Waals surface area contributed by atoms with Gasteiger partial charge in [-0.25, -0.2) is 0 Å². The van der Waals surface area contributed by atoms with Crippen molar-refractivity contribution in [2.24, 2.45) is 0 Å². The summed E-state index contributed by atoms with van der Waals surface area (Å²) in [4.78, 5) is 12.0. The Morgan fingerprint density at radius 1 is 1.24 bits per heavy atom. The molecule has 0 saturated carbocycles. The second kappa shape index (κ2) is 6.96. The molecule has 110 valence electrons. The third-order valence-corrected chi connectivity index (χ3v) is 4.86. The number of hydrogen-bond acceptors (Lipinski definition) is 3. The van der Waals surface area contributed by atoms with Gasteiger partial charge in [0.05, 0.1) is 0 Å². The van der Waals surface area contributed by atoms with Crippen molar-refractivity contribution in [2.75, 3.05) is 18.1 Å². The van der Waals surface area contributed by atoms with Crippen molar-refractivity contribution in [2.45, 2.75) is 19.0 Å². The van der Waals surface area contributed by atoms with Crippen LogP contribution in [0.25, 0.3) is 10.8 Å². The molecule has 1 fully saturated rings. The maximum atomic E-state index is 12.0. The van der Waals surface area contributed by atoms with Crippen molar-refractivity contribution in [3.05, 3.63) is 48.0 Å². The largest absolute Gasteiger partial charge is 0.352 e. The smallest absolute Gasteiger partial charge is 0.221 e. The predicted octanol–water partition coefficient (Wildman–Crippen LogP) is 2.55. The maximum absolute atomic E-state index is 12.0. The molecular formula is C17H20N2OS. The highest BCUT2D eigenvalue weighted by Crippen LogP contribution is 2.15. The van der Waals surface area contributed by atoms with Crippen molar-refractivity contribution < 1.29 is 4.79 Å². The van der Waals surface area contributed by atoms with Crippen LogP contribution in [0.5, 0.6) is 0 Å². The summed E-state index contributed by atoms with van der Waals surface area (Å²) in [5.74, 6) is 2.31. The Bertz CT molecular complexity index is 623. The quantitative estimate of drug-likeness (QED) is 0.912. The van der Waals surface area contributed by atoms with Crippen molar-refractivity contribution in [1.82, 2.24) is 10.6 Å². The van der Waals surface area contributed by atoms with E-state index in [2.05, 4.69) is 41.0 Å². The second-order valence-electron chi connectivity index (χ2n) is 5.39. The van der Waals surface area contributed by atoms with E-state index in [9.17, 15) is 4.79 Å². The van der Waals surface area contributed by atoms with E-state index >= 15 is 0 Å². The minimum absolute atomic E-state index is 0.128. The van der Waals surface area contributed by atoms with Crippen LogP contribution in [0.3, 0.4) is 0 Å². The fraction of sp³-hybridized carbons (Fsp3) is 0.353. The molecule has 0 bridgehead atoms. The molecule has 2 aromatic rings. The summed E-state index contributed by atoms with van der Waals surface area (Å²) in [6, 6.07) is 14.9. The van der Waals surface area contributed by atoms with E-state index in [-0.39, 0.29) is 5.91 Å². The van der Waals surface area contributed by atoms with E-state index in [4.69, 9.17) is 0 Å². The van der Waals surface area contributed by atoms with Gasteiger partial charge in [0.1, 0.15) is 0 Å². The van der Waals surface area contributed by atoms with Crippen LogP contribution in [0.2, 0.25) is 0 Å². The Labute approximate surface area is 129 Å². The first-order chi connectivity index (χ1) is 10.3. The van der Waals surface area contributed by atoms with Gasteiger partial charge in [0.15, 0.2) is 0 Å². The van der Waals surface area contributed by atoms with E-state index in [1.165, 1.54) is 10.8 Å². The first-order valence-electron chi connectivity index (χ1n) is 7.37. The fourth-order valence-electron chi connectivity index (χ4n) is 2.60. The molecule has 1 heterocycles. The molecule has 3 nitrogen and oxygen atoms in total. The van der Waals surface area contributed by atoms with Crippen LogP contribution < -0.4 is 10.6 Å². The summed E-state index contributed by atoms with van der Waals surface area (Å²) in [7, 11) is 0. The van der Waals surface area contributed by atoms with Gasteiger partial charge in [-0.1, -0.05) is 36.4 Å². The molecule has 0 radical (unpaired) electrons. The molecule has 1 saturated heterocycles. The van der Waals surface area contributed by atoms with Crippen molar-refractivity contribution in [1.29, 1.82) is 0 Å². The Morgan fingerprint density at radius 3 is 2.90 bits per heavy atom. The summed E-state index contributed by atoms with van der Waals surface area (Å²) in [6.07, 6.45) is 0.570. The third kappa shape index (κ3) is 3.99. The van der Waals surface area contributed by atoms with Crippen molar-refractivity contribution in [3.63, 3.8) is 0 Å². The molecule has 2 N–H and O–H groups in total. The van der Waals surface area contributed by atoms with Crippen LogP contribution >= 0.6 is 11.8 Å². The van der Waals surface area contributed by atoms with E-state index < -0.39 is 0 Å². The minimum Gasteiger partial charge on any atom is -0.352 e. The molecule has 0 aromatic heterocycles. The molecule has 3 rings (SSSR count). The van der Waals surface area contributed by atoms with Crippen molar-refractivity contribution >= 4 is 28.4 Å². The number of rotatable bonds is 4. The summed E-state index contributed by atoms with van der Waals surface area (Å²) < 4.78 is 0. The van der Waals surface area contributed by atoms with Crippen LogP contribution in [0.4, 0.5) is 0 Å². The number of hydrogen-bond donors (Lipinski definition) is 2. The minimum atomic E-state index is 0.128. The first kappa shape index (κ1) is 14.4. The molecular weight excluding hydrogens is 280 g/mol. The van der Waals surface area contributed by atoms with Gasteiger partial charge in [-0.3, -0.25) is 4.79 Å². The number of carbonyl (C=O) groups excluding carboxylic acids is 1. The molecule has 1 atom stereocenters. The van der Waals surface area contributed by atoms with Gasteiger partial charge < -0.3 is 10.6 Å². The van der Waals surface area contributed by atoms with Crippen LogP contribution in [0, 0.1) is 0 Å². The average molecular weight is 300 g/mol. The number of nitrogens with one attached hydrogen (secondary N) is 2. The lowest BCUT2D eigenvalue weighted by Gasteiger charge is -2.22. The first-order valence-corrected chi connectivity index (χ1v) is 8.52. The summed E-state index contributed by atoms with van der Waals surface area (Å²) in [5.41, 5.74) is 1.15. The molecule has 1 amide bonds. The van der Waals surface area contributed by atoms with Gasteiger partial charge in [0, 0.05) is 37.1 Å². The highest BCUT2D eigenvalue weighted by Gasteiger charge is 2.16. The topological polar surface area (TPSA) is 41.1 Å². The van der Waals surface area contributed by atoms with Gasteiger partial charge >= 0.3 is 0 Å². The highest BCUT2D eigenvalue weighted by atomic mass is 32.2. The highest BCUT2D eigenvalue weighted by molar-refractivity contribution is 7.99. The zero-order valence-electron chi connectivity index (χ0n) is 12.0. The fourth-order valence-corrected chi connectivity index (χ4v) is 3.55. The van der Waals surface area contributed by atoms with Gasteiger partial charge in [-0.15, -0.1) is 0 Å². The Hall–Kier alpha value is -1.52. The zero-order valence-corrected chi connectivity index (χ0v) is 12.8. The molecule has 0 spiro atoms. The lowest BCUT2D eigenvalue weighted by atomic mass is 10.1.